The Morgan fingerprint density at radius 2 is 2.14 bits per heavy atom. The molecular weight excluding hydrogens is 516 g/mol. The van der Waals surface area contributed by atoms with Crippen molar-refractivity contribution in [3.05, 3.63) is 52.3 Å². The highest BCUT2D eigenvalue weighted by Crippen LogP contribution is 2.34. The number of likely N-dealkylation sites (tertiary alicyclic amines) is 1. The van der Waals surface area contributed by atoms with Crippen molar-refractivity contribution in [3.8, 4) is 6.07 Å². The number of anilines is 2. The van der Waals surface area contributed by atoms with Crippen LogP contribution >= 0.6 is 11.6 Å². The van der Waals surface area contributed by atoms with Crippen molar-refractivity contribution in [3.63, 3.8) is 0 Å². The quantitative estimate of drug-likeness (QED) is 0.416. The van der Waals surface area contributed by atoms with Gasteiger partial charge in [-0.15, -0.1) is 0 Å². The number of aromatic nitrogens is 3. The van der Waals surface area contributed by atoms with E-state index in [1.54, 1.807) is 15.5 Å². The molecule has 3 unspecified atom stereocenters. The van der Waals surface area contributed by atoms with E-state index in [-0.39, 0.29) is 35.2 Å². The van der Waals surface area contributed by atoms with Crippen LogP contribution < -0.4 is 15.4 Å². The van der Waals surface area contributed by atoms with E-state index in [0.29, 0.717) is 36.0 Å². The summed E-state index contributed by atoms with van der Waals surface area (Å²) in [5.41, 5.74) is 8.85. The summed E-state index contributed by atoms with van der Waals surface area (Å²) < 4.78 is 24.8. The van der Waals surface area contributed by atoms with Gasteiger partial charge >= 0.3 is 0 Å². The Hall–Kier alpha value is -3.24. The molecule has 13 heteroatoms. The number of aryl methyl sites for hydroxylation is 1. The highest BCUT2D eigenvalue weighted by molar-refractivity contribution is 7.80. The molecule has 0 spiro atoms. The molecule has 0 radical (unpaired) electrons. The van der Waals surface area contributed by atoms with Gasteiger partial charge in [0.05, 0.1) is 35.0 Å². The predicted molar refractivity (Wildman–Crippen MR) is 140 cm³/mol. The number of fused-ring (bicyclic) bond motifs is 1. The van der Waals surface area contributed by atoms with Gasteiger partial charge in [-0.05, 0) is 44.4 Å². The first-order valence-electron chi connectivity index (χ1n) is 12.0. The van der Waals surface area contributed by atoms with Gasteiger partial charge < -0.3 is 15.5 Å². The second-order valence-corrected chi connectivity index (χ2v) is 10.6. The lowest BCUT2D eigenvalue weighted by Gasteiger charge is -2.35. The molecule has 11 nitrogen and oxygen atoms in total. The van der Waals surface area contributed by atoms with Gasteiger partial charge in [0.25, 0.3) is 17.2 Å². The number of hydrogen-bond acceptors (Lipinski definition) is 7. The summed E-state index contributed by atoms with van der Waals surface area (Å²) in [5, 5.41) is 14.5. The minimum absolute atomic E-state index is 0.222. The first-order chi connectivity index (χ1) is 17.7. The van der Waals surface area contributed by atoms with E-state index in [4.69, 9.17) is 27.4 Å². The Morgan fingerprint density at radius 3 is 2.86 bits per heavy atom. The maximum atomic E-state index is 13.7. The average molecular weight is 543 g/mol. The molecule has 5 rings (SSSR count). The predicted octanol–water partition coefficient (Wildman–Crippen LogP) is 2.89. The number of carbonyl (C=O) groups excluding carboxylic acids is 1. The van der Waals surface area contributed by atoms with Crippen LogP contribution in [0.2, 0.25) is 5.02 Å². The number of amides is 1. The Labute approximate surface area is 221 Å². The molecular formula is C24H27ClN8O3S. The average Bonchev–Trinajstić information content (AvgIpc) is 3.46. The van der Waals surface area contributed by atoms with Gasteiger partial charge in [0.1, 0.15) is 5.82 Å². The molecule has 194 valence electrons. The van der Waals surface area contributed by atoms with E-state index in [9.17, 15) is 18.8 Å². The summed E-state index contributed by atoms with van der Waals surface area (Å²) in [6, 6.07) is 8.22. The molecule has 2 saturated heterocycles. The minimum atomic E-state index is -2.34. The van der Waals surface area contributed by atoms with Crippen molar-refractivity contribution < 1.29 is 13.6 Å². The minimum Gasteiger partial charge on any atom is -0.353 e. The summed E-state index contributed by atoms with van der Waals surface area (Å²) in [5.74, 6) is 0.236. The van der Waals surface area contributed by atoms with Gasteiger partial charge in [-0.1, -0.05) is 11.6 Å². The number of nitrogens with two attached hydrogens (primary N) is 1. The lowest BCUT2D eigenvalue weighted by atomic mass is 9.98. The van der Waals surface area contributed by atoms with Gasteiger partial charge in [-0.2, -0.15) is 10.4 Å². The second-order valence-electron chi connectivity index (χ2n) is 9.48. The standard InChI is InChI=1S/C24H27ClN8O3S/c1-14-11-33-22(28-23(14)31-12-15(10-26)18(27)13-31)9-20(29-33)21-4-2-3-7-32(21)24(34)17-8-16(25)5-6-19(17)30-37(35)36/h5-6,8-9,11,15,18,21,30H,2-4,7,12-13,27H2,1H3,(H,35,36)/t15?,18?,21-/m0/s1. The molecule has 4 atom stereocenters. The third-order valence-corrected chi connectivity index (χ3v) is 7.60. The number of hydrogen-bond donors (Lipinski definition) is 3. The molecule has 37 heavy (non-hydrogen) atoms. The van der Waals surface area contributed by atoms with Crippen LogP contribution in [0.1, 0.15) is 46.9 Å². The molecule has 2 aliphatic heterocycles. The summed E-state index contributed by atoms with van der Waals surface area (Å²) in [6.07, 6.45) is 4.39. The molecule has 2 fully saturated rings. The number of rotatable bonds is 5. The van der Waals surface area contributed by atoms with E-state index < -0.39 is 11.3 Å². The number of nitrogens with zero attached hydrogens (tertiary/aromatic N) is 6. The first kappa shape index (κ1) is 25.4. The maximum absolute atomic E-state index is 13.7. The highest BCUT2D eigenvalue weighted by atomic mass is 35.5. The number of carbonyl (C=O) groups is 1. The number of benzene rings is 1. The summed E-state index contributed by atoms with van der Waals surface area (Å²) in [6.45, 7) is 3.55. The first-order valence-corrected chi connectivity index (χ1v) is 13.5. The van der Waals surface area contributed by atoms with E-state index in [0.717, 1.165) is 30.6 Å². The van der Waals surface area contributed by atoms with Crippen LogP contribution in [-0.4, -0.2) is 59.8 Å². The van der Waals surface area contributed by atoms with Crippen LogP contribution in [0, 0.1) is 24.2 Å². The van der Waals surface area contributed by atoms with Gasteiger partial charge in [-0.3, -0.25) is 14.1 Å². The van der Waals surface area contributed by atoms with Gasteiger partial charge in [0, 0.05) is 48.5 Å². The molecule has 0 saturated carbocycles. The fraction of sp³-hybridized carbons (Fsp3) is 0.417. The molecule has 2 aliphatic rings. The zero-order chi connectivity index (χ0) is 26.3. The van der Waals surface area contributed by atoms with Crippen LogP contribution in [0.3, 0.4) is 0 Å². The molecule has 1 amide bonds. The number of nitrogens with one attached hydrogen (secondary N) is 1. The van der Waals surface area contributed by atoms with Crippen molar-refractivity contribution in [2.75, 3.05) is 29.3 Å². The van der Waals surface area contributed by atoms with Crippen molar-refractivity contribution in [2.24, 2.45) is 11.7 Å². The van der Waals surface area contributed by atoms with Crippen LogP contribution in [0.5, 0.6) is 0 Å². The number of halogens is 1. The molecule has 1 aromatic carbocycles. The maximum Gasteiger partial charge on any atom is 0.259 e. The third-order valence-electron chi connectivity index (χ3n) is 6.97. The second kappa shape index (κ2) is 10.3. The van der Waals surface area contributed by atoms with Crippen molar-refractivity contribution in [2.45, 2.75) is 38.3 Å². The summed E-state index contributed by atoms with van der Waals surface area (Å²) >= 11 is 3.82. The van der Waals surface area contributed by atoms with Crippen molar-refractivity contribution in [1.29, 1.82) is 5.26 Å². The zero-order valence-corrected chi connectivity index (χ0v) is 21.7. The Morgan fingerprint density at radius 1 is 1.32 bits per heavy atom. The number of piperidine rings is 1. The van der Waals surface area contributed by atoms with Crippen LogP contribution in [0.15, 0.2) is 30.5 Å². The Bertz CT molecular complexity index is 1420. The molecule has 0 aliphatic carbocycles. The SMILES string of the molecule is Cc1cn2nc([C@@H]3CCCCN3C(=O)c3cc(Cl)ccc3NS(=O)O)cc2nc1N1CC(N)C(C#N)C1. The number of nitriles is 1. The fourth-order valence-electron chi connectivity index (χ4n) is 5.15. The van der Waals surface area contributed by atoms with Gasteiger partial charge in [0.2, 0.25) is 0 Å². The van der Waals surface area contributed by atoms with Crippen molar-refractivity contribution >= 4 is 45.9 Å². The highest BCUT2D eigenvalue weighted by Gasteiger charge is 2.34. The smallest absolute Gasteiger partial charge is 0.259 e. The van der Waals surface area contributed by atoms with Crippen LogP contribution in [-0.2, 0) is 11.3 Å². The molecule has 3 aromatic rings. The van der Waals surface area contributed by atoms with E-state index >= 15 is 0 Å². The van der Waals surface area contributed by atoms with E-state index in [1.807, 2.05) is 24.1 Å². The molecule has 2 aromatic heterocycles. The lowest BCUT2D eigenvalue weighted by Crippen LogP contribution is -2.39. The van der Waals surface area contributed by atoms with Gasteiger partial charge in [-0.25, -0.2) is 13.7 Å². The van der Waals surface area contributed by atoms with Crippen molar-refractivity contribution in [1.82, 2.24) is 19.5 Å². The molecule has 0 bridgehead atoms. The normalized spacial score (nSPS) is 22.7. The van der Waals surface area contributed by atoms with Crippen LogP contribution in [0.25, 0.3) is 5.65 Å². The third kappa shape index (κ3) is 5.00. The lowest BCUT2D eigenvalue weighted by molar-refractivity contribution is 0.0607. The monoisotopic (exact) mass is 542 g/mol. The summed E-state index contributed by atoms with van der Waals surface area (Å²) in [4.78, 5) is 22.3. The molecule has 4 heterocycles. The summed E-state index contributed by atoms with van der Waals surface area (Å²) in [7, 11) is 0. The van der Waals surface area contributed by atoms with E-state index in [2.05, 4.69) is 10.8 Å². The van der Waals surface area contributed by atoms with Gasteiger partial charge in [0.15, 0.2) is 5.65 Å². The topological polar surface area (TPSA) is 153 Å². The largest absolute Gasteiger partial charge is 0.353 e. The zero-order valence-electron chi connectivity index (χ0n) is 20.2. The Kier molecular flexibility index (Phi) is 7.04. The fourth-order valence-corrected chi connectivity index (χ4v) is 5.69. The van der Waals surface area contributed by atoms with Crippen LogP contribution in [0.4, 0.5) is 11.5 Å². The molecule has 4 N–H and O–H groups in total. The van der Waals surface area contributed by atoms with E-state index in [1.165, 1.54) is 12.1 Å². The Balaban J connectivity index is 1.47.